The fourth-order valence-electron chi connectivity index (χ4n) is 2.60. The summed E-state index contributed by atoms with van der Waals surface area (Å²) in [5.74, 6) is 0.764. The minimum Gasteiger partial charge on any atom is -0.491 e. The van der Waals surface area contributed by atoms with Crippen LogP contribution in [0.2, 0.25) is 0 Å². The first-order valence-corrected chi connectivity index (χ1v) is 10.6. The standard InChI is InChI=1S/C17H24F3N3O4S/c1-2-21-16(23-13-7-8-28(25,26)11-13)22-9-14(24)10-27-15-5-3-12(4-6-15)17(18,19)20/h3-6,13-14,24H,2,7-11H2,1H3,(H2,21,22,23). The molecule has 1 fully saturated rings. The van der Waals surface area contributed by atoms with Crippen molar-refractivity contribution >= 4 is 15.8 Å². The number of aliphatic hydroxyl groups is 1. The fraction of sp³-hybridized carbons (Fsp3) is 0.588. The molecule has 0 radical (unpaired) electrons. The highest BCUT2D eigenvalue weighted by molar-refractivity contribution is 7.91. The predicted molar refractivity (Wildman–Crippen MR) is 99.1 cm³/mol. The van der Waals surface area contributed by atoms with Gasteiger partial charge in [0, 0.05) is 12.6 Å². The normalized spacial score (nSPS) is 20.6. The lowest BCUT2D eigenvalue weighted by molar-refractivity contribution is -0.137. The van der Waals surface area contributed by atoms with Crippen LogP contribution < -0.4 is 15.4 Å². The SMILES string of the molecule is CCNC(=NCC(O)COc1ccc(C(F)(F)F)cc1)NC1CCS(=O)(=O)C1. The van der Waals surface area contributed by atoms with Crippen molar-refractivity contribution in [2.45, 2.75) is 31.7 Å². The van der Waals surface area contributed by atoms with Gasteiger partial charge in [-0.05, 0) is 37.6 Å². The van der Waals surface area contributed by atoms with Crippen molar-refractivity contribution in [3.63, 3.8) is 0 Å². The number of benzene rings is 1. The second-order valence-electron chi connectivity index (χ2n) is 6.45. The van der Waals surface area contributed by atoms with Gasteiger partial charge in [-0.1, -0.05) is 0 Å². The van der Waals surface area contributed by atoms with E-state index >= 15 is 0 Å². The number of halogens is 3. The molecule has 1 saturated heterocycles. The molecular weight excluding hydrogens is 399 g/mol. The quantitative estimate of drug-likeness (QED) is 0.450. The van der Waals surface area contributed by atoms with Crippen LogP contribution in [0, 0.1) is 0 Å². The van der Waals surface area contributed by atoms with Crippen LogP contribution in [0.4, 0.5) is 13.2 Å². The Kier molecular flexibility index (Phi) is 7.53. The van der Waals surface area contributed by atoms with Gasteiger partial charge in [0.05, 0.1) is 23.6 Å². The molecule has 1 aliphatic heterocycles. The zero-order valence-electron chi connectivity index (χ0n) is 15.4. The summed E-state index contributed by atoms with van der Waals surface area (Å²) in [5.41, 5.74) is -0.778. The van der Waals surface area contributed by atoms with E-state index in [1.165, 1.54) is 12.1 Å². The largest absolute Gasteiger partial charge is 0.491 e. The van der Waals surface area contributed by atoms with Gasteiger partial charge in [-0.25, -0.2) is 8.42 Å². The van der Waals surface area contributed by atoms with Gasteiger partial charge in [-0.2, -0.15) is 13.2 Å². The minimum absolute atomic E-state index is 0.0184. The molecule has 1 aromatic rings. The third kappa shape index (κ3) is 7.19. The van der Waals surface area contributed by atoms with E-state index in [0.717, 1.165) is 12.1 Å². The summed E-state index contributed by atoms with van der Waals surface area (Å²) >= 11 is 0. The van der Waals surface area contributed by atoms with Gasteiger partial charge in [-0.3, -0.25) is 4.99 Å². The van der Waals surface area contributed by atoms with Crippen LogP contribution in [0.15, 0.2) is 29.3 Å². The summed E-state index contributed by atoms with van der Waals surface area (Å²) < 4.78 is 65.9. The van der Waals surface area contributed by atoms with E-state index in [1.807, 2.05) is 6.92 Å². The van der Waals surface area contributed by atoms with Crippen LogP contribution in [0.5, 0.6) is 5.75 Å². The second-order valence-corrected chi connectivity index (χ2v) is 8.68. The van der Waals surface area contributed by atoms with Gasteiger partial charge in [0.15, 0.2) is 15.8 Å². The van der Waals surface area contributed by atoms with Crippen LogP contribution in [0.1, 0.15) is 18.9 Å². The Morgan fingerprint density at radius 2 is 2.04 bits per heavy atom. The van der Waals surface area contributed by atoms with E-state index in [-0.39, 0.29) is 36.4 Å². The van der Waals surface area contributed by atoms with Crippen molar-refractivity contribution in [2.24, 2.45) is 4.99 Å². The number of aliphatic imine (C=N–C) groups is 1. The van der Waals surface area contributed by atoms with Crippen molar-refractivity contribution in [1.29, 1.82) is 0 Å². The molecule has 0 bridgehead atoms. The van der Waals surface area contributed by atoms with Gasteiger partial charge in [0.1, 0.15) is 18.5 Å². The van der Waals surface area contributed by atoms with Gasteiger partial charge >= 0.3 is 6.18 Å². The lowest BCUT2D eigenvalue weighted by Gasteiger charge is -2.17. The van der Waals surface area contributed by atoms with Crippen molar-refractivity contribution < 1.29 is 31.4 Å². The minimum atomic E-state index is -4.42. The maximum absolute atomic E-state index is 12.5. The Hall–Kier alpha value is -2.01. The first kappa shape index (κ1) is 22.3. The van der Waals surface area contributed by atoms with Gasteiger partial charge in [-0.15, -0.1) is 0 Å². The Balaban J connectivity index is 1.83. The average Bonchev–Trinajstić information content (AvgIpc) is 2.96. The molecule has 0 amide bonds. The molecule has 11 heteroatoms. The highest BCUT2D eigenvalue weighted by atomic mass is 32.2. The van der Waals surface area contributed by atoms with Crippen LogP contribution in [-0.2, 0) is 16.0 Å². The molecule has 0 aliphatic carbocycles. The molecule has 0 spiro atoms. The van der Waals surface area contributed by atoms with Crippen LogP contribution >= 0.6 is 0 Å². The fourth-order valence-corrected chi connectivity index (χ4v) is 4.28. The van der Waals surface area contributed by atoms with E-state index in [9.17, 15) is 26.7 Å². The zero-order chi connectivity index (χ0) is 20.8. The number of nitrogens with one attached hydrogen (secondary N) is 2. The number of guanidine groups is 1. The van der Waals surface area contributed by atoms with Gasteiger partial charge < -0.3 is 20.5 Å². The Labute approximate surface area is 161 Å². The molecule has 1 heterocycles. The smallest absolute Gasteiger partial charge is 0.416 e. The maximum atomic E-state index is 12.5. The first-order chi connectivity index (χ1) is 13.1. The topological polar surface area (TPSA) is 100 Å². The number of nitrogens with zero attached hydrogens (tertiary/aromatic N) is 1. The number of alkyl halides is 3. The number of sulfone groups is 1. The summed E-state index contributed by atoms with van der Waals surface area (Å²) in [6.45, 7) is 2.25. The Morgan fingerprint density at radius 3 is 2.57 bits per heavy atom. The molecule has 2 rings (SSSR count). The monoisotopic (exact) mass is 423 g/mol. The van der Waals surface area contributed by atoms with Crippen molar-refractivity contribution in [3.05, 3.63) is 29.8 Å². The van der Waals surface area contributed by atoms with Crippen LogP contribution in [-0.4, -0.2) is 62.8 Å². The number of hydrogen-bond acceptors (Lipinski definition) is 5. The summed E-state index contributed by atoms with van der Waals surface area (Å²) in [6.07, 6.45) is -4.90. The molecule has 3 N–H and O–H groups in total. The highest BCUT2D eigenvalue weighted by Gasteiger charge is 2.30. The molecular formula is C17H24F3N3O4S. The molecule has 1 aliphatic rings. The first-order valence-electron chi connectivity index (χ1n) is 8.82. The van der Waals surface area contributed by atoms with Crippen LogP contribution in [0.25, 0.3) is 0 Å². The molecule has 2 unspecified atom stereocenters. The van der Waals surface area contributed by atoms with Crippen molar-refractivity contribution in [2.75, 3.05) is 31.2 Å². The number of rotatable bonds is 7. The van der Waals surface area contributed by atoms with Gasteiger partial charge in [0.2, 0.25) is 0 Å². The molecule has 0 aromatic heterocycles. The lowest BCUT2D eigenvalue weighted by Crippen LogP contribution is -2.44. The summed E-state index contributed by atoms with van der Waals surface area (Å²) in [7, 11) is -3.02. The van der Waals surface area contributed by atoms with Gasteiger partial charge in [0.25, 0.3) is 0 Å². The van der Waals surface area contributed by atoms with E-state index in [4.69, 9.17) is 4.74 Å². The van der Waals surface area contributed by atoms with E-state index in [1.54, 1.807) is 0 Å². The summed E-state index contributed by atoms with van der Waals surface area (Å²) in [6, 6.07) is 3.95. The molecule has 28 heavy (non-hydrogen) atoms. The average molecular weight is 423 g/mol. The summed E-state index contributed by atoms with van der Waals surface area (Å²) in [5, 5.41) is 16.0. The zero-order valence-corrected chi connectivity index (χ0v) is 16.2. The number of ether oxygens (including phenoxy) is 1. The third-order valence-corrected chi connectivity index (χ3v) is 5.77. The van der Waals surface area contributed by atoms with Crippen molar-refractivity contribution in [3.8, 4) is 5.75 Å². The van der Waals surface area contributed by atoms with Crippen LogP contribution in [0.3, 0.4) is 0 Å². The molecule has 1 aromatic carbocycles. The summed E-state index contributed by atoms with van der Waals surface area (Å²) in [4.78, 5) is 4.20. The van der Waals surface area contributed by atoms with E-state index < -0.39 is 27.7 Å². The third-order valence-electron chi connectivity index (χ3n) is 4.00. The molecule has 158 valence electrons. The van der Waals surface area contributed by atoms with E-state index in [2.05, 4.69) is 15.6 Å². The number of aliphatic hydroxyl groups excluding tert-OH is 1. The predicted octanol–water partition coefficient (Wildman–Crippen LogP) is 1.19. The highest BCUT2D eigenvalue weighted by Crippen LogP contribution is 2.30. The second kappa shape index (κ2) is 9.46. The number of hydrogen-bond donors (Lipinski definition) is 3. The molecule has 7 nitrogen and oxygen atoms in total. The molecule has 0 saturated carbocycles. The Bertz CT molecular complexity index is 767. The molecule has 2 atom stereocenters. The Morgan fingerprint density at radius 1 is 1.36 bits per heavy atom. The maximum Gasteiger partial charge on any atom is 0.416 e. The van der Waals surface area contributed by atoms with Crippen molar-refractivity contribution in [1.82, 2.24) is 10.6 Å². The van der Waals surface area contributed by atoms with E-state index in [0.29, 0.717) is 18.9 Å². The lowest BCUT2D eigenvalue weighted by atomic mass is 10.2.